The molecule has 0 amide bonds. The van der Waals surface area contributed by atoms with Gasteiger partial charge in [-0.2, -0.15) is 0 Å². The molecule has 0 aromatic carbocycles. The number of aromatic amines is 1. The standard InChI is InChI=1S/C13H24N4O/c1-15(2)12-4-3-7-16(8-5-12)10-11-17-9-6-14-13(17)18/h6,9,12H,3-5,7-8,10-11H2,1-2H3,(H,14,18)/t12-/m1/s1. The van der Waals surface area contributed by atoms with Crippen molar-refractivity contribution in [1.29, 1.82) is 0 Å². The first kappa shape index (κ1) is 13.4. The van der Waals surface area contributed by atoms with Crippen LogP contribution in [0.3, 0.4) is 0 Å². The first-order valence-corrected chi connectivity index (χ1v) is 6.79. The zero-order chi connectivity index (χ0) is 13.0. The van der Waals surface area contributed by atoms with Gasteiger partial charge in [0.1, 0.15) is 0 Å². The Kier molecular flexibility index (Phi) is 4.60. The predicted molar refractivity (Wildman–Crippen MR) is 72.8 cm³/mol. The number of aromatic nitrogens is 2. The van der Waals surface area contributed by atoms with E-state index in [1.807, 2.05) is 6.20 Å². The number of nitrogens with zero attached hydrogens (tertiary/aromatic N) is 3. The second-order valence-electron chi connectivity index (χ2n) is 5.35. The van der Waals surface area contributed by atoms with Gasteiger partial charge in [0.05, 0.1) is 0 Å². The molecule has 1 fully saturated rings. The van der Waals surface area contributed by atoms with E-state index in [2.05, 4.69) is 28.9 Å². The smallest absolute Gasteiger partial charge is 0.313 e. The largest absolute Gasteiger partial charge is 0.325 e. The summed E-state index contributed by atoms with van der Waals surface area (Å²) in [5.41, 5.74) is -0.00371. The lowest BCUT2D eigenvalue weighted by molar-refractivity contribution is 0.244. The molecule has 0 spiro atoms. The molecular formula is C13H24N4O. The van der Waals surface area contributed by atoms with E-state index in [1.165, 1.54) is 19.3 Å². The zero-order valence-electron chi connectivity index (χ0n) is 11.4. The molecule has 2 rings (SSSR count). The fourth-order valence-corrected chi connectivity index (χ4v) is 2.65. The molecule has 1 aromatic heterocycles. The van der Waals surface area contributed by atoms with Crippen molar-refractivity contribution in [3.8, 4) is 0 Å². The predicted octanol–water partition coefficient (Wildman–Crippen LogP) is 0.592. The van der Waals surface area contributed by atoms with Crippen LogP contribution in [-0.4, -0.2) is 59.1 Å². The topological polar surface area (TPSA) is 44.3 Å². The first-order chi connectivity index (χ1) is 8.66. The van der Waals surface area contributed by atoms with Crippen LogP contribution < -0.4 is 5.69 Å². The van der Waals surface area contributed by atoms with Crippen molar-refractivity contribution in [3.63, 3.8) is 0 Å². The van der Waals surface area contributed by atoms with E-state index in [4.69, 9.17) is 0 Å². The number of imidazole rings is 1. The molecule has 5 heteroatoms. The summed E-state index contributed by atoms with van der Waals surface area (Å²) < 4.78 is 1.74. The van der Waals surface area contributed by atoms with Crippen LogP contribution in [0.25, 0.3) is 0 Å². The Hall–Kier alpha value is -1.07. The summed E-state index contributed by atoms with van der Waals surface area (Å²) in [6.45, 7) is 4.05. The average molecular weight is 252 g/mol. The number of likely N-dealkylation sites (tertiary alicyclic amines) is 1. The third kappa shape index (κ3) is 3.46. The van der Waals surface area contributed by atoms with Crippen LogP contribution in [0.1, 0.15) is 19.3 Å². The van der Waals surface area contributed by atoms with Gasteiger partial charge in [0, 0.05) is 31.5 Å². The molecule has 1 aromatic rings. The Balaban J connectivity index is 1.80. The molecule has 102 valence electrons. The Labute approximate surface area is 108 Å². The van der Waals surface area contributed by atoms with Gasteiger partial charge in [-0.15, -0.1) is 0 Å². The molecule has 0 unspecified atom stereocenters. The van der Waals surface area contributed by atoms with Crippen molar-refractivity contribution >= 4 is 0 Å². The molecule has 1 N–H and O–H groups in total. The lowest BCUT2D eigenvalue weighted by atomic mass is 10.1. The number of nitrogens with one attached hydrogen (secondary N) is 1. The summed E-state index contributed by atoms with van der Waals surface area (Å²) in [4.78, 5) is 18.9. The number of hydrogen-bond acceptors (Lipinski definition) is 3. The van der Waals surface area contributed by atoms with Crippen LogP contribution in [-0.2, 0) is 6.54 Å². The lowest BCUT2D eigenvalue weighted by Gasteiger charge is -2.23. The monoisotopic (exact) mass is 252 g/mol. The quantitative estimate of drug-likeness (QED) is 0.853. The SMILES string of the molecule is CN(C)[C@@H]1CCCN(CCn2cc[nH]c2=O)CC1. The number of H-pyrrole nitrogens is 1. The average Bonchev–Trinajstić information content (AvgIpc) is 2.62. The van der Waals surface area contributed by atoms with Crippen LogP contribution in [0, 0.1) is 0 Å². The molecule has 0 saturated carbocycles. The minimum absolute atomic E-state index is 0.00371. The minimum Gasteiger partial charge on any atom is -0.313 e. The van der Waals surface area contributed by atoms with E-state index in [0.29, 0.717) is 6.04 Å². The van der Waals surface area contributed by atoms with E-state index in [9.17, 15) is 4.79 Å². The van der Waals surface area contributed by atoms with Gasteiger partial charge < -0.3 is 14.8 Å². The zero-order valence-corrected chi connectivity index (χ0v) is 11.4. The maximum absolute atomic E-state index is 11.4. The van der Waals surface area contributed by atoms with E-state index in [1.54, 1.807) is 10.8 Å². The molecule has 1 aliphatic rings. The lowest BCUT2D eigenvalue weighted by Crippen LogP contribution is -2.32. The van der Waals surface area contributed by atoms with E-state index < -0.39 is 0 Å². The van der Waals surface area contributed by atoms with Gasteiger partial charge in [-0.1, -0.05) is 0 Å². The Morgan fingerprint density at radius 2 is 2.17 bits per heavy atom. The molecule has 2 heterocycles. The van der Waals surface area contributed by atoms with Crippen LogP contribution in [0.2, 0.25) is 0 Å². The molecule has 1 atom stereocenters. The summed E-state index contributed by atoms with van der Waals surface area (Å²) in [6.07, 6.45) is 7.29. The Morgan fingerprint density at radius 1 is 1.33 bits per heavy atom. The van der Waals surface area contributed by atoms with Gasteiger partial charge in [0.15, 0.2) is 0 Å². The summed E-state index contributed by atoms with van der Waals surface area (Å²) in [7, 11) is 4.33. The van der Waals surface area contributed by atoms with E-state index >= 15 is 0 Å². The van der Waals surface area contributed by atoms with Gasteiger partial charge in [-0.3, -0.25) is 4.57 Å². The van der Waals surface area contributed by atoms with Gasteiger partial charge in [0.2, 0.25) is 0 Å². The van der Waals surface area contributed by atoms with Crippen molar-refractivity contribution in [3.05, 3.63) is 22.9 Å². The van der Waals surface area contributed by atoms with Crippen molar-refractivity contribution in [2.75, 3.05) is 33.7 Å². The van der Waals surface area contributed by atoms with Gasteiger partial charge >= 0.3 is 5.69 Å². The maximum Gasteiger partial charge on any atom is 0.325 e. The van der Waals surface area contributed by atoms with Gasteiger partial charge in [0.25, 0.3) is 0 Å². The third-order valence-electron chi connectivity index (χ3n) is 3.90. The molecular weight excluding hydrogens is 228 g/mol. The molecule has 1 saturated heterocycles. The minimum atomic E-state index is -0.00371. The number of rotatable bonds is 4. The summed E-state index contributed by atoms with van der Waals surface area (Å²) >= 11 is 0. The van der Waals surface area contributed by atoms with Gasteiger partial charge in [-0.25, -0.2) is 4.79 Å². The van der Waals surface area contributed by atoms with Crippen LogP contribution in [0.4, 0.5) is 0 Å². The van der Waals surface area contributed by atoms with Crippen LogP contribution in [0.15, 0.2) is 17.2 Å². The highest BCUT2D eigenvalue weighted by Crippen LogP contribution is 2.14. The van der Waals surface area contributed by atoms with Crippen molar-refractivity contribution in [2.24, 2.45) is 0 Å². The number of hydrogen-bond donors (Lipinski definition) is 1. The fourth-order valence-electron chi connectivity index (χ4n) is 2.65. The van der Waals surface area contributed by atoms with Crippen molar-refractivity contribution in [2.45, 2.75) is 31.8 Å². The van der Waals surface area contributed by atoms with Crippen LogP contribution >= 0.6 is 0 Å². The highest BCUT2D eigenvalue weighted by molar-refractivity contribution is 4.78. The molecule has 0 radical (unpaired) electrons. The van der Waals surface area contributed by atoms with Crippen LogP contribution in [0.5, 0.6) is 0 Å². The molecule has 1 aliphatic heterocycles. The van der Waals surface area contributed by atoms with Crippen molar-refractivity contribution in [1.82, 2.24) is 19.4 Å². The Bertz CT molecular complexity index is 409. The molecule has 18 heavy (non-hydrogen) atoms. The highest BCUT2D eigenvalue weighted by Gasteiger charge is 2.18. The van der Waals surface area contributed by atoms with Crippen molar-refractivity contribution < 1.29 is 0 Å². The van der Waals surface area contributed by atoms with Gasteiger partial charge in [-0.05, 0) is 46.4 Å². The first-order valence-electron chi connectivity index (χ1n) is 6.79. The second-order valence-corrected chi connectivity index (χ2v) is 5.35. The maximum atomic E-state index is 11.4. The Morgan fingerprint density at radius 3 is 2.83 bits per heavy atom. The van der Waals surface area contributed by atoms with E-state index in [0.717, 1.165) is 26.2 Å². The second kappa shape index (κ2) is 6.20. The molecule has 0 aliphatic carbocycles. The summed E-state index contributed by atoms with van der Waals surface area (Å²) in [6, 6.07) is 0.713. The fraction of sp³-hybridized carbons (Fsp3) is 0.769. The summed E-state index contributed by atoms with van der Waals surface area (Å²) in [5.74, 6) is 0. The van der Waals surface area contributed by atoms with E-state index in [-0.39, 0.29) is 5.69 Å². The third-order valence-corrected chi connectivity index (χ3v) is 3.90. The molecule has 5 nitrogen and oxygen atoms in total. The normalized spacial score (nSPS) is 22.3. The summed E-state index contributed by atoms with van der Waals surface area (Å²) in [5, 5.41) is 0. The highest BCUT2D eigenvalue weighted by atomic mass is 16.1. The molecule has 0 bridgehead atoms.